The molecule has 1 heterocycles. The summed E-state index contributed by atoms with van der Waals surface area (Å²) in [6.45, 7) is 3.55. The van der Waals surface area contributed by atoms with Crippen LogP contribution in [-0.2, 0) is 9.53 Å². The Morgan fingerprint density at radius 3 is 2.91 bits per heavy atom. The molecule has 0 aliphatic carbocycles. The number of ether oxygens (including phenoxy) is 1. The lowest BCUT2D eigenvalue weighted by atomic mass is 10.2. The predicted octanol–water partition coefficient (Wildman–Crippen LogP) is 0.692. The molecule has 0 aromatic heterocycles. The van der Waals surface area contributed by atoms with E-state index >= 15 is 0 Å². The summed E-state index contributed by atoms with van der Waals surface area (Å²) >= 11 is 0. The molecule has 1 aliphatic rings. The normalized spacial score (nSPS) is 21.4. The average Bonchev–Trinajstić information content (AvgIpc) is 2.79. The minimum Gasteiger partial charge on any atom is -0.363 e. The van der Waals surface area contributed by atoms with Gasteiger partial charge in [0.1, 0.15) is 0 Å². The lowest BCUT2D eigenvalue weighted by molar-refractivity contribution is -0.122. The molecule has 64 valence electrons. The van der Waals surface area contributed by atoms with Gasteiger partial charge in [0.2, 0.25) is 0 Å². The van der Waals surface area contributed by atoms with Gasteiger partial charge in [-0.2, -0.15) is 0 Å². The number of carbonyl (C=O) groups excluding carboxylic acids is 1. The summed E-state index contributed by atoms with van der Waals surface area (Å²) in [5.41, 5.74) is 0. The number of epoxide rings is 1. The molecule has 3 nitrogen and oxygen atoms in total. The lowest BCUT2D eigenvalue weighted by Gasteiger charge is -2.00. The summed E-state index contributed by atoms with van der Waals surface area (Å²) in [5, 5.41) is 2.82. The number of carbonyl (C=O) groups is 1. The summed E-state index contributed by atoms with van der Waals surface area (Å²) in [7, 11) is 0. The number of unbranched alkanes of at least 4 members (excludes halogenated alkanes) is 2. The lowest BCUT2D eigenvalue weighted by Crippen LogP contribution is -2.28. The molecule has 1 atom stereocenters. The average molecular weight is 157 g/mol. The van der Waals surface area contributed by atoms with Gasteiger partial charge in [0, 0.05) is 6.54 Å². The van der Waals surface area contributed by atoms with Crippen LogP contribution in [0.25, 0.3) is 0 Å². The van der Waals surface area contributed by atoms with Crippen LogP contribution in [0.2, 0.25) is 0 Å². The van der Waals surface area contributed by atoms with Gasteiger partial charge in [-0.1, -0.05) is 19.8 Å². The molecule has 11 heavy (non-hydrogen) atoms. The van der Waals surface area contributed by atoms with Crippen molar-refractivity contribution in [3.63, 3.8) is 0 Å². The number of hydrogen-bond acceptors (Lipinski definition) is 2. The molecule has 1 N–H and O–H groups in total. The fraction of sp³-hybridized carbons (Fsp3) is 0.875. The molecule has 0 radical (unpaired) electrons. The molecule has 1 unspecified atom stereocenters. The Bertz CT molecular complexity index is 132. The van der Waals surface area contributed by atoms with Crippen molar-refractivity contribution in [3.8, 4) is 0 Å². The largest absolute Gasteiger partial charge is 0.363 e. The predicted molar refractivity (Wildman–Crippen MR) is 42.3 cm³/mol. The van der Waals surface area contributed by atoms with Gasteiger partial charge in [-0.15, -0.1) is 0 Å². The fourth-order valence-corrected chi connectivity index (χ4v) is 0.900. The number of rotatable bonds is 5. The molecule has 0 aromatic carbocycles. The van der Waals surface area contributed by atoms with Crippen LogP contribution in [0.1, 0.15) is 26.2 Å². The van der Waals surface area contributed by atoms with Crippen molar-refractivity contribution in [2.45, 2.75) is 32.3 Å². The Morgan fingerprint density at radius 2 is 2.36 bits per heavy atom. The standard InChI is InChI=1S/C8H15NO2/c1-2-3-4-5-9-8(10)7-6-11-7/h7H,2-6H2,1H3,(H,9,10). The van der Waals surface area contributed by atoms with Crippen molar-refractivity contribution in [3.05, 3.63) is 0 Å². The number of amides is 1. The first kappa shape index (κ1) is 8.53. The summed E-state index contributed by atoms with van der Waals surface area (Å²) < 4.78 is 4.82. The highest BCUT2D eigenvalue weighted by atomic mass is 16.6. The highest BCUT2D eigenvalue weighted by molar-refractivity contribution is 5.82. The zero-order valence-electron chi connectivity index (χ0n) is 6.93. The van der Waals surface area contributed by atoms with Crippen LogP contribution < -0.4 is 5.32 Å². The molecule has 1 fully saturated rings. The Balaban J connectivity index is 1.89. The van der Waals surface area contributed by atoms with Gasteiger partial charge < -0.3 is 10.1 Å². The summed E-state index contributed by atoms with van der Waals surface area (Å²) in [5.74, 6) is 0.0566. The molecule has 0 aromatic rings. The van der Waals surface area contributed by atoms with Crippen molar-refractivity contribution >= 4 is 5.91 Å². The monoisotopic (exact) mass is 157 g/mol. The maximum Gasteiger partial charge on any atom is 0.251 e. The number of hydrogen-bond donors (Lipinski definition) is 1. The summed E-state index contributed by atoms with van der Waals surface area (Å²) in [4.78, 5) is 10.9. The van der Waals surface area contributed by atoms with Crippen molar-refractivity contribution in [1.29, 1.82) is 0 Å². The topological polar surface area (TPSA) is 41.6 Å². The van der Waals surface area contributed by atoms with E-state index in [2.05, 4.69) is 12.2 Å². The van der Waals surface area contributed by atoms with E-state index in [0.29, 0.717) is 6.61 Å². The van der Waals surface area contributed by atoms with Gasteiger partial charge in [0.25, 0.3) is 5.91 Å². The highest BCUT2D eigenvalue weighted by Crippen LogP contribution is 2.07. The van der Waals surface area contributed by atoms with E-state index in [1.54, 1.807) is 0 Å². The van der Waals surface area contributed by atoms with Gasteiger partial charge in [-0.3, -0.25) is 4.79 Å². The molecule has 1 amide bonds. The smallest absolute Gasteiger partial charge is 0.251 e. The van der Waals surface area contributed by atoms with Crippen LogP contribution in [-0.4, -0.2) is 25.2 Å². The fourth-order valence-electron chi connectivity index (χ4n) is 0.900. The molecule has 0 spiro atoms. The first-order valence-corrected chi connectivity index (χ1v) is 4.24. The summed E-state index contributed by atoms with van der Waals surface area (Å²) in [6.07, 6.45) is 3.33. The van der Waals surface area contributed by atoms with Crippen LogP contribution >= 0.6 is 0 Å². The first-order valence-electron chi connectivity index (χ1n) is 4.24. The zero-order chi connectivity index (χ0) is 8.10. The number of nitrogens with one attached hydrogen (secondary N) is 1. The van der Waals surface area contributed by atoms with Crippen molar-refractivity contribution in [1.82, 2.24) is 5.32 Å². The molecule has 1 aliphatic heterocycles. The van der Waals surface area contributed by atoms with E-state index in [9.17, 15) is 4.79 Å². The van der Waals surface area contributed by atoms with Gasteiger partial charge in [-0.25, -0.2) is 0 Å². The van der Waals surface area contributed by atoms with Gasteiger partial charge >= 0.3 is 0 Å². The Hall–Kier alpha value is -0.570. The van der Waals surface area contributed by atoms with Gasteiger partial charge in [0.05, 0.1) is 6.61 Å². The summed E-state index contributed by atoms with van der Waals surface area (Å²) in [6, 6.07) is 0. The van der Waals surface area contributed by atoms with E-state index in [4.69, 9.17) is 4.74 Å². The highest BCUT2D eigenvalue weighted by Gasteiger charge is 2.30. The maximum absolute atomic E-state index is 10.9. The third-order valence-corrected chi connectivity index (χ3v) is 1.71. The van der Waals surface area contributed by atoms with E-state index in [0.717, 1.165) is 13.0 Å². The molecular formula is C8H15NO2. The SMILES string of the molecule is CCCCCNC(=O)C1CO1. The second-order valence-corrected chi connectivity index (χ2v) is 2.82. The van der Waals surface area contributed by atoms with E-state index < -0.39 is 0 Å². The van der Waals surface area contributed by atoms with Gasteiger partial charge in [-0.05, 0) is 6.42 Å². The second-order valence-electron chi connectivity index (χ2n) is 2.82. The zero-order valence-corrected chi connectivity index (χ0v) is 6.93. The van der Waals surface area contributed by atoms with Crippen LogP contribution in [0, 0.1) is 0 Å². The first-order chi connectivity index (χ1) is 5.34. The van der Waals surface area contributed by atoms with Crippen LogP contribution in [0.4, 0.5) is 0 Å². The maximum atomic E-state index is 10.9. The molecule has 0 bridgehead atoms. The van der Waals surface area contributed by atoms with E-state index in [-0.39, 0.29) is 12.0 Å². The van der Waals surface area contributed by atoms with Crippen molar-refractivity contribution in [2.75, 3.05) is 13.2 Å². The Morgan fingerprint density at radius 1 is 1.64 bits per heavy atom. The van der Waals surface area contributed by atoms with Crippen LogP contribution in [0.15, 0.2) is 0 Å². The quantitative estimate of drug-likeness (QED) is 0.471. The third kappa shape index (κ3) is 3.37. The van der Waals surface area contributed by atoms with Crippen LogP contribution in [0.5, 0.6) is 0 Å². The third-order valence-electron chi connectivity index (χ3n) is 1.71. The second kappa shape index (κ2) is 4.34. The molecule has 0 saturated carbocycles. The Labute approximate surface area is 67.1 Å². The molecule has 3 heteroatoms. The van der Waals surface area contributed by atoms with E-state index in [1.165, 1.54) is 12.8 Å². The molecular weight excluding hydrogens is 142 g/mol. The molecule has 1 saturated heterocycles. The van der Waals surface area contributed by atoms with Crippen molar-refractivity contribution < 1.29 is 9.53 Å². The van der Waals surface area contributed by atoms with Gasteiger partial charge in [0.15, 0.2) is 6.10 Å². The minimum atomic E-state index is -0.128. The minimum absolute atomic E-state index is 0.0566. The van der Waals surface area contributed by atoms with E-state index in [1.807, 2.05) is 0 Å². The molecule has 1 rings (SSSR count). The van der Waals surface area contributed by atoms with Crippen LogP contribution in [0.3, 0.4) is 0 Å². The Kier molecular flexibility index (Phi) is 3.36. The van der Waals surface area contributed by atoms with Crippen molar-refractivity contribution in [2.24, 2.45) is 0 Å².